The van der Waals surface area contributed by atoms with Crippen molar-refractivity contribution in [2.45, 2.75) is 13.8 Å². The van der Waals surface area contributed by atoms with Gasteiger partial charge in [0.1, 0.15) is 0 Å². The Hall–Kier alpha value is -1.99. The summed E-state index contributed by atoms with van der Waals surface area (Å²) in [7, 11) is 0. The van der Waals surface area contributed by atoms with Crippen LogP contribution in [0, 0.1) is 13.8 Å². The lowest BCUT2D eigenvalue weighted by Gasteiger charge is -2.06. The molecule has 0 aliphatic carbocycles. The van der Waals surface area contributed by atoms with E-state index in [2.05, 4.69) is 49.2 Å². The fourth-order valence-corrected chi connectivity index (χ4v) is 2.60. The van der Waals surface area contributed by atoms with E-state index in [1.807, 2.05) is 24.3 Å². The van der Waals surface area contributed by atoms with Crippen LogP contribution >= 0.6 is 11.6 Å². The first kappa shape index (κ1) is 13.0. The number of aromatic nitrogens is 1. The molecule has 0 amide bonds. The van der Waals surface area contributed by atoms with Crippen molar-refractivity contribution in [2.75, 3.05) is 0 Å². The zero-order valence-corrected chi connectivity index (χ0v) is 12.3. The van der Waals surface area contributed by atoms with Crippen LogP contribution in [0.2, 0.25) is 5.02 Å². The average molecular weight is 282 g/mol. The molecule has 1 heterocycles. The number of hydrogen-bond acceptors (Lipinski definition) is 0. The van der Waals surface area contributed by atoms with Crippen LogP contribution < -0.4 is 0 Å². The first-order chi connectivity index (χ1) is 9.63. The second kappa shape index (κ2) is 5.18. The molecule has 0 aliphatic heterocycles. The number of halogens is 1. The molecule has 2 aromatic carbocycles. The van der Waals surface area contributed by atoms with Crippen molar-refractivity contribution in [3.63, 3.8) is 0 Å². The fourth-order valence-electron chi connectivity index (χ4n) is 2.47. The standard InChI is InChI=1S/C18H16ClN/c1-12-4-3-5-15(10-12)17-11-13(2)20-18(17)14-6-8-16(19)9-7-14/h3-11,20H,1-2H3. The van der Waals surface area contributed by atoms with Crippen LogP contribution in [0.4, 0.5) is 0 Å². The minimum absolute atomic E-state index is 0.758. The second-order valence-electron chi connectivity index (χ2n) is 5.12. The minimum Gasteiger partial charge on any atom is -0.358 e. The van der Waals surface area contributed by atoms with Gasteiger partial charge in [-0.25, -0.2) is 0 Å². The quantitative estimate of drug-likeness (QED) is 0.627. The van der Waals surface area contributed by atoms with Crippen molar-refractivity contribution < 1.29 is 0 Å². The Kier molecular flexibility index (Phi) is 3.37. The third-order valence-electron chi connectivity index (χ3n) is 3.41. The van der Waals surface area contributed by atoms with E-state index in [1.54, 1.807) is 0 Å². The minimum atomic E-state index is 0.758. The Labute approximate surface area is 124 Å². The first-order valence-corrected chi connectivity index (χ1v) is 7.04. The highest BCUT2D eigenvalue weighted by Gasteiger charge is 2.10. The van der Waals surface area contributed by atoms with Crippen molar-refractivity contribution in [3.8, 4) is 22.4 Å². The number of H-pyrrole nitrogens is 1. The van der Waals surface area contributed by atoms with Crippen LogP contribution in [0.1, 0.15) is 11.3 Å². The zero-order valence-electron chi connectivity index (χ0n) is 11.6. The third-order valence-corrected chi connectivity index (χ3v) is 3.67. The van der Waals surface area contributed by atoms with Gasteiger partial charge in [0.05, 0.1) is 5.69 Å². The zero-order chi connectivity index (χ0) is 14.1. The predicted octanol–water partition coefficient (Wildman–Crippen LogP) is 5.62. The normalized spacial score (nSPS) is 10.8. The van der Waals surface area contributed by atoms with Crippen molar-refractivity contribution >= 4 is 11.6 Å². The molecule has 0 aliphatic rings. The Bertz CT molecular complexity index is 738. The molecular formula is C18H16ClN. The summed E-state index contributed by atoms with van der Waals surface area (Å²) in [6.45, 7) is 4.20. The van der Waals surface area contributed by atoms with Crippen LogP contribution in [0.5, 0.6) is 0 Å². The second-order valence-corrected chi connectivity index (χ2v) is 5.55. The van der Waals surface area contributed by atoms with E-state index in [4.69, 9.17) is 11.6 Å². The van der Waals surface area contributed by atoms with Gasteiger partial charge >= 0.3 is 0 Å². The summed E-state index contributed by atoms with van der Waals surface area (Å²) in [5, 5.41) is 0.758. The van der Waals surface area contributed by atoms with E-state index in [0.717, 1.165) is 22.0 Å². The fraction of sp³-hybridized carbons (Fsp3) is 0.111. The number of hydrogen-bond donors (Lipinski definition) is 1. The first-order valence-electron chi connectivity index (χ1n) is 6.66. The lowest BCUT2D eigenvalue weighted by Crippen LogP contribution is -1.83. The van der Waals surface area contributed by atoms with Gasteiger partial charge in [0.25, 0.3) is 0 Å². The van der Waals surface area contributed by atoms with Crippen molar-refractivity contribution in [2.24, 2.45) is 0 Å². The molecule has 0 fully saturated rings. The third kappa shape index (κ3) is 2.50. The van der Waals surface area contributed by atoms with Gasteiger partial charge in [0.15, 0.2) is 0 Å². The summed E-state index contributed by atoms with van der Waals surface area (Å²) in [6, 6.07) is 18.7. The van der Waals surface area contributed by atoms with E-state index >= 15 is 0 Å². The molecule has 0 atom stereocenters. The Morgan fingerprint density at radius 1 is 0.850 bits per heavy atom. The Balaban J connectivity index is 2.15. The van der Waals surface area contributed by atoms with Gasteiger partial charge in [-0.1, -0.05) is 53.6 Å². The number of rotatable bonds is 2. The predicted molar refractivity (Wildman–Crippen MR) is 86.1 cm³/mol. The van der Waals surface area contributed by atoms with Gasteiger partial charge in [0, 0.05) is 16.3 Å². The molecule has 1 aromatic heterocycles. The summed E-state index contributed by atoms with van der Waals surface area (Å²) < 4.78 is 0. The summed E-state index contributed by atoms with van der Waals surface area (Å²) in [6.07, 6.45) is 0. The van der Waals surface area contributed by atoms with Gasteiger partial charge in [-0.2, -0.15) is 0 Å². The maximum atomic E-state index is 5.97. The van der Waals surface area contributed by atoms with Crippen LogP contribution in [-0.2, 0) is 0 Å². The molecule has 0 saturated heterocycles. The molecule has 0 saturated carbocycles. The molecule has 3 rings (SSSR count). The van der Waals surface area contributed by atoms with Crippen molar-refractivity contribution in [1.82, 2.24) is 4.98 Å². The number of benzene rings is 2. The molecule has 2 heteroatoms. The van der Waals surface area contributed by atoms with Gasteiger partial charge in [-0.05, 0) is 43.2 Å². The molecule has 0 bridgehead atoms. The van der Waals surface area contributed by atoms with Crippen molar-refractivity contribution in [1.29, 1.82) is 0 Å². The summed E-state index contributed by atoms with van der Waals surface area (Å²) in [5.74, 6) is 0. The van der Waals surface area contributed by atoms with Crippen LogP contribution in [0.25, 0.3) is 22.4 Å². The summed E-state index contributed by atoms with van der Waals surface area (Å²) >= 11 is 5.97. The van der Waals surface area contributed by atoms with E-state index in [-0.39, 0.29) is 0 Å². The number of aromatic amines is 1. The maximum absolute atomic E-state index is 5.97. The molecule has 3 aromatic rings. The van der Waals surface area contributed by atoms with Crippen LogP contribution in [-0.4, -0.2) is 4.98 Å². The van der Waals surface area contributed by atoms with E-state index < -0.39 is 0 Å². The molecule has 100 valence electrons. The molecule has 1 nitrogen and oxygen atoms in total. The SMILES string of the molecule is Cc1cccc(-c2cc(C)[nH]c2-c2ccc(Cl)cc2)c1. The summed E-state index contributed by atoms with van der Waals surface area (Å²) in [5.41, 5.74) is 7.19. The lowest BCUT2D eigenvalue weighted by molar-refractivity contribution is 1.27. The molecule has 20 heavy (non-hydrogen) atoms. The molecular weight excluding hydrogens is 266 g/mol. The monoisotopic (exact) mass is 281 g/mol. The van der Waals surface area contributed by atoms with Gasteiger partial charge in [0.2, 0.25) is 0 Å². The number of aryl methyl sites for hydroxylation is 2. The van der Waals surface area contributed by atoms with Crippen LogP contribution in [0.15, 0.2) is 54.6 Å². The van der Waals surface area contributed by atoms with Gasteiger partial charge in [-0.15, -0.1) is 0 Å². The lowest BCUT2D eigenvalue weighted by atomic mass is 10.00. The van der Waals surface area contributed by atoms with Crippen molar-refractivity contribution in [3.05, 3.63) is 70.9 Å². The summed E-state index contributed by atoms with van der Waals surface area (Å²) in [4.78, 5) is 3.46. The molecule has 0 radical (unpaired) electrons. The van der Waals surface area contributed by atoms with E-state index in [0.29, 0.717) is 0 Å². The number of nitrogens with one attached hydrogen (secondary N) is 1. The smallest absolute Gasteiger partial charge is 0.0535 e. The molecule has 0 unspecified atom stereocenters. The maximum Gasteiger partial charge on any atom is 0.0535 e. The van der Waals surface area contributed by atoms with Gasteiger partial charge < -0.3 is 4.98 Å². The topological polar surface area (TPSA) is 15.8 Å². The average Bonchev–Trinajstić information content (AvgIpc) is 2.82. The van der Waals surface area contributed by atoms with E-state index in [1.165, 1.54) is 16.7 Å². The highest BCUT2D eigenvalue weighted by Crippen LogP contribution is 2.33. The largest absolute Gasteiger partial charge is 0.358 e. The van der Waals surface area contributed by atoms with Gasteiger partial charge in [-0.3, -0.25) is 0 Å². The Morgan fingerprint density at radius 3 is 2.30 bits per heavy atom. The Morgan fingerprint density at radius 2 is 1.60 bits per heavy atom. The highest BCUT2D eigenvalue weighted by molar-refractivity contribution is 6.30. The molecule has 0 spiro atoms. The van der Waals surface area contributed by atoms with Crippen LogP contribution in [0.3, 0.4) is 0 Å². The molecule has 1 N–H and O–H groups in total. The highest BCUT2D eigenvalue weighted by atomic mass is 35.5. The van der Waals surface area contributed by atoms with E-state index in [9.17, 15) is 0 Å².